The molecular formula is C29H26N2O6. The third kappa shape index (κ3) is 5.75. The summed E-state index contributed by atoms with van der Waals surface area (Å²) in [6.45, 7) is 6.44. The highest BCUT2D eigenvalue weighted by atomic mass is 16.5. The lowest BCUT2D eigenvalue weighted by Gasteiger charge is -2.26. The Morgan fingerprint density at radius 2 is 1.62 bits per heavy atom. The summed E-state index contributed by atoms with van der Waals surface area (Å²) in [6.07, 6.45) is 1.41. The molecule has 8 heteroatoms. The van der Waals surface area contributed by atoms with Crippen LogP contribution in [0.4, 0.5) is 10.5 Å². The number of urea groups is 1. The predicted octanol–water partition coefficient (Wildman–Crippen LogP) is 4.73. The number of barbiturate groups is 1. The third-order valence-corrected chi connectivity index (χ3v) is 5.91. The van der Waals surface area contributed by atoms with E-state index in [0.29, 0.717) is 17.9 Å². The van der Waals surface area contributed by atoms with Crippen LogP contribution >= 0.6 is 0 Å². The van der Waals surface area contributed by atoms with E-state index in [9.17, 15) is 19.2 Å². The Bertz CT molecular complexity index is 1390. The van der Waals surface area contributed by atoms with Gasteiger partial charge in [-0.1, -0.05) is 30.3 Å². The molecule has 1 heterocycles. The topological polar surface area (TPSA) is 102 Å². The number of esters is 1. The average molecular weight is 499 g/mol. The summed E-state index contributed by atoms with van der Waals surface area (Å²) in [5, 5.41) is 2.19. The summed E-state index contributed by atoms with van der Waals surface area (Å²) in [4.78, 5) is 50.7. The van der Waals surface area contributed by atoms with Crippen LogP contribution in [0.2, 0.25) is 0 Å². The predicted molar refractivity (Wildman–Crippen MR) is 138 cm³/mol. The number of carbonyl (C=O) groups excluding carboxylic acids is 4. The molecule has 0 bridgehead atoms. The number of hydrogen-bond donors (Lipinski definition) is 1. The Balaban J connectivity index is 1.49. The normalized spacial score (nSPS) is 14.5. The zero-order chi connectivity index (χ0) is 26.5. The molecule has 1 fully saturated rings. The fraction of sp³-hybridized carbons (Fsp3) is 0.172. The van der Waals surface area contributed by atoms with Crippen molar-refractivity contribution in [2.24, 2.45) is 0 Å². The first-order valence-electron chi connectivity index (χ1n) is 11.7. The van der Waals surface area contributed by atoms with E-state index in [4.69, 9.17) is 9.47 Å². The van der Waals surface area contributed by atoms with Gasteiger partial charge in [0.05, 0.1) is 17.9 Å². The summed E-state index contributed by atoms with van der Waals surface area (Å²) in [7, 11) is 0. The van der Waals surface area contributed by atoms with Crippen LogP contribution in [-0.2, 0) is 20.9 Å². The second kappa shape index (κ2) is 10.9. The lowest BCUT2D eigenvalue weighted by molar-refractivity contribution is -0.122. The van der Waals surface area contributed by atoms with E-state index in [1.165, 1.54) is 41.5 Å². The van der Waals surface area contributed by atoms with Gasteiger partial charge in [0, 0.05) is 0 Å². The van der Waals surface area contributed by atoms with E-state index in [-0.39, 0.29) is 23.4 Å². The number of rotatable bonds is 7. The van der Waals surface area contributed by atoms with Gasteiger partial charge in [-0.25, -0.2) is 14.5 Å². The Morgan fingerprint density at radius 3 is 2.27 bits per heavy atom. The molecular weight excluding hydrogens is 472 g/mol. The van der Waals surface area contributed by atoms with Crippen LogP contribution in [0.3, 0.4) is 0 Å². The smallest absolute Gasteiger partial charge is 0.338 e. The molecule has 3 aromatic carbocycles. The highest BCUT2D eigenvalue weighted by molar-refractivity contribution is 6.39. The van der Waals surface area contributed by atoms with Gasteiger partial charge in [0.1, 0.15) is 17.9 Å². The molecule has 0 aromatic heterocycles. The van der Waals surface area contributed by atoms with Crippen LogP contribution in [0, 0.1) is 13.8 Å². The lowest BCUT2D eigenvalue weighted by Crippen LogP contribution is -2.54. The molecule has 8 nitrogen and oxygen atoms in total. The first-order valence-corrected chi connectivity index (χ1v) is 11.7. The molecule has 1 N–H and O–H groups in total. The first-order chi connectivity index (χ1) is 17.8. The fourth-order valence-electron chi connectivity index (χ4n) is 3.74. The molecule has 0 spiro atoms. The van der Waals surface area contributed by atoms with Crippen molar-refractivity contribution in [3.8, 4) is 5.75 Å². The lowest BCUT2D eigenvalue weighted by atomic mass is 10.1. The van der Waals surface area contributed by atoms with Crippen LogP contribution in [-0.4, -0.2) is 30.4 Å². The maximum Gasteiger partial charge on any atom is 0.338 e. The van der Waals surface area contributed by atoms with E-state index in [2.05, 4.69) is 31.3 Å². The molecule has 188 valence electrons. The number of nitrogens with zero attached hydrogens (tertiary/aromatic N) is 1. The summed E-state index contributed by atoms with van der Waals surface area (Å²) in [6, 6.07) is 18.0. The van der Waals surface area contributed by atoms with Crippen LogP contribution in [0.25, 0.3) is 6.08 Å². The monoisotopic (exact) mass is 498 g/mol. The van der Waals surface area contributed by atoms with E-state index < -0.39 is 23.8 Å². The van der Waals surface area contributed by atoms with Crippen molar-refractivity contribution in [1.82, 2.24) is 5.32 Å². The minimum Gasteiger partial charge on any atom is -0.489 e. The largest absolute Gasteiger partial charge is 0.489 e. The van der Waals surface area contributed by atoms with Crippen LogP contribution < -0.4 is 15.0 Å². The zero-order valence-corrected chi connectivity index (χ0v) is 20.7. The number of ether oxygens (including phenoxy) is 2. The Hall–Kier alpha value is -4.72. The van der Waals surface area contributed by atoms with Crippen molar-refractivity contribution < 1.29 is 28.7 Å². The Morgan fingerprint density at radius 1 is 0.919 bits per heavy atom. The summed E-state index contributed by atoms with van der Waals surface area (Å²) in [5.74, 6) is -1.43. The van der Waals surface area contributed by atoms with Gasteiger partial charge in [-0.3, -0.25) is 14.9 Å². The summed E-state index contributed by atoms with van der Waals surface area (Å²) in [5.41, 5.74) is 4.35. The zero-order valence-electron chi connectivity index (χ0n) is 20.7. The van der Waals surface area contributed by atoms with Crippen molar-refractivity contribution in [2.45, 2.75) is 27.4 Å². The molecule has 4 rings (SSSR count). The standard InChI is InChI=1S/C29H26N2O6/c1-4-36-28(34)22-9-11-23(12-10-22)31-27(33)25(26(32)30-29(31)35)16-20-7-13-24(14-8-20)37-17-21-6-5-18(2)19(3)15-21/h5-16H,4,17H2,1-3H3,(H,30,32,35)/b25-16+. The third-order valence-electron chi connectivity index (χ3n) is 5.91. The van der Waals surface area contributed by atoms with Gasteiger partial charge in [-0.05, 0) is 85.5 Å². The molecule has 4 amide bonds. The molecule has 1 aliphatic heterocycles. The van der Waals surface area contributed by atoms with Gasteiger partial charge in [0.2, 0.25) is 0 Å². The SMILES string of the molecule is CCOC(=O)c1ccc(N2C(=O)NC(=O)/C(=C\c3ccc(OCc4ccc(C)c(C)c4)cc3)C2=O)cc1. The first kappa shape index (κ1) is 25.4. The van der Waals surface area contributed by atoms with Crippen LogP contribution in [0.1, 0.15) is 39.5 Å². The van der Waals surface area contributed by atoms with Crippen molar-refractivity contribution in [1.29, 1.82) is 0 Å². The van der Waals surface area contributed by atoms with Gasteiger partial charge in [0.25, 0.3) is 11.8 Å². The number of imide groups is 2. The van der Waals surface area contributed by atoms with Gasteiger partial charge in [0.15, 0.2) is 0 Å². The quantitative estimate of drug-likeness (QED) is 0.287. The van der Waals surface area contributed by atoms with Gasteiger partial charge in [-0.15, -0.1) is 0 Å². The van der Waals surface area contributed by atoms with Crippen molar-refractivity contribution in [3.05, 3.63) is 100 Å². The van der Waals surface area contributed by atoms with Gasteiger partial charge in [-0.2, -0.15) is 0 Å². The summed E-state index contributed by atoms with van der Waals surface area (Å²) >= 11 is 0. The van der Waals surface area contributed by atoms with E-state index in [1.54, 1.807) is 31.2 Å². The molecule has 3 aromatic rings. The number of benzene rings is 3. The minimum absolute atomic E-state index is 0.196. The molecule has 1 saturated heterocycles. The number of anilines is 1. The van der Waals surface area contributed by atoms with Crippen LogP contribution in [0.15, 0.2) is 72.3 Å². The maximum atomic E-state index is 13.1. The number of nitrogens with one attached hydrogen (secondary N) is 1. The number of amides is 4. The number of carbonyl (C=O) groups is 4. The molecule has 0 aliphatic carbocycles. The van der Waals surface area contributed by atoms with E-state index in [0.717, 1.165) is 10.5 Å². The van der Waals surface area contributed by atoms with Gasteiger partial charge < -0.3 is 9.47 Å². The van der Waals surface area contributed by atoms with Gasteiger partial charge >= 0.3 is 12.0 Å². The fourth-order valence-corrected chi connectivity index (χ4v) is 3.74. The van der Waals surface area contributed by atoms with Crippen molar-refractivity contribution in [2.75, 3.05) is 11.5 Å². The Labute approximate surface area is 214 Å². The summed E-state index contributed by atoms with van der Waals surface area (Å²) < 4.78 is 10.8. The minimum atomic E-state index is -0.869. The number of hydrogen-bond acceptors (Lipinski definition) is 6. The van der Waals surface area contributed by atoms with Crippen LogP contribution in [0.5, 0.6) is 5.75 Å². The van der Waals surface area contributed by atoms with Crippen molar-refractivity contribution >= 4 is 35.6 Å². The highest BCUT2D eigenvalue weighted by Crippen LogP contribution is 2.24. The molecule has 1 aliphatic rings. The molecule has 0 unspecified atom stereocenters. The molecule has 0 radical (unpaired) electrons. The molecule has 37 heavy (non-hydrogen) atoms. The maximum absolute atomic E-state index is 13.1. The molecule has 0 atom stereocenters. The second-order valence-electron chi connectivity index (χ2n) is 8.50. The average Bonchev–Trinajstić information content (AvgIpc) is 2.88. The number of aryl methyl sites for hydroxylation is 2. The van der Waals surface area contributed by atoms with E-state index >= 15 is 0 Å². The van der Waals surface area contributed by atoms with E-state index in [1.807, 2.05) is 6.07 Å². The Kier molecular flexibility index (Phi) is 7.48. The highest BCUT2D eigenvalue weighted by Gasteiger charge is 2.36. The second-order valence-corrected chi connectivity index (χ2v) is 8.50. The van der Waals surface area contributed by atoms with Crippen molar-refractivity contribution in [3.63, 3.8) is 0 Å². The molecule has 0 saturated carbocycles.